The fourth-order valence-corrected chi connectivity index (χ4v) is 2.45. The molecule has 20 heavy (non-hydrogen) atoms. The molecule has 0 saturated heterocycles. The van der Waals surface area contributed by atoms with Gasteiger partial charge in [-0.05, 0) is 26.0 Å². The van der Waals surface area contributed by atoms with Crippen molar-refractivity contribution in [3.63, 3.8) is 0 Å². The number of aliphatic hydroxyl groups excluding tert-OH is 1. The number of anilines is 2. The molecule has 0 saturated carbocycles. The van der Waals surface area contributed by atoms with Crippen molar-refractivity contribution < 1.29 is 5.11 Å². The minimum Gasteiger partial charge on any atom is -0.369 e. The summed E-state index contributed by atoms with van der Waals surface area (Å²) in [4.78, 5) is 10.2. The largest absolute Gasteiger partial charge is 0.369 e. The molecule has 0 spiro atoms. The molecule has 1 aliphatic heterocycles. The Balaban J connectivity index is 2.22. The summed E-state index contributed by atoms with van der Waals surface area (Å²) in [6, 6.07) is 1.82. The number of aliphatic hydroxyl groups is 1. The van der Waals surface area contributed by atoms with Gasteiger partial charge in [-0.1, -0.05) is 0 Å². The first-order valence-electron chi connectivity index (χ1n) is 6.42. The van der Waals surface area contributed by atoms with Gasteiger partial charge >= 0.3 is 0 Å². The molecule has 3 heterocycles. The number of likely N-dealkylation sites (N-methyl/N-ethyl adjacent to an activating group) is 1. The number of nitrogens with zero attached hydrogens (tertiary/aromatic N) is 4. The third-order valence-corrected chi connectivity index (χ3v) is 3.43. The van der Waals surface area contributed by atoms with E-state index in [0.29, 0.717) is 12.4 Å². The first-order valence-corrected chi connectivity index (χ1v) is 6.42. The highest BCUT2D eigenvalue weighted by Crippen LogP contribution is 2.35. The van der Waals surface area contributed by atoms with Gasteiger partial charge in [-0.2, -0.15) is 10.1 Å². The first-order chi connectivity index (χ1) is 9.61. The minimum absolute atomic E-state index is 0.213. The fraction of sp³-hybridized carbons (Fsp3) is 0.308. The van der Waals surface area contributed by atoms with E-state index in [-0.39, 0.29) is 5.95 Å². The number of hydrogen-bond donors (Lipinski definition) is 3. The Kier molecular flexibility index (Phi) is 2.90. The third kappa shape index (κ3) is 1.83. The molecule has 1 aliphatic rings. The highest BCUT2D eigenvalue weighted by molar-refractivity contribution is 5.90. The summed E-state index contributed by atoms with van der Waals surface area (Å²) in [7, 11) is 0. The number of nitrogens with one attached hydrogen (secondary N) is 1. The molecule has 7 heteroatoms. The van der Waals surface area contributed by atoms with Crippen LogP contribution in [0.25, 0.3) is 11.6 Å². The zero-order valence-electron chi connectivity index (χ0n) is 11.3. The van der Waals surface area contributed by atoms with Gasteiger partial charge < -0.3 is 15.7 Å². The van der Waals surface area contributed by atoms with Crippen molar-refractivity contribution in [2.24, 2.45) is 0 Å². The van der Waals surface area contributed by atoms with Gasteiger partial charge in [-0.25, -0.2) is 4.98 Å². The molecular weight excluding hydrogens is 256 g/mol. The average Bonchev–Trinajstić information content (AvgIpc) is 2.92. The Morgan fingerprint density at radius 3 is 2.90 bits per heavy atom. The molecule has 2 aromatic heterocycles. The third-order valence-electron chi connectivity index (χ3n) is 3.43. The molecule has 4 N–H and O–H groups in total. The van der Waals surface area contributed by atoms with Crippen molar-refractivity contribution in [2.45, 2.75) is 20.1 Å². The lowest BCUT2D eigenvalue weighted by Crippen LogP contribution is -2.39. The smallest absolute Gasteiger partial charge is 0.222 e. The van der Waals surface area contributed by atoms with Crippen LogP contribution in [0.2, 0.25) is 0 Å². The Labute approximate surface area is 116 Å². The second kappa shape index (κ2) is 4.61. The molecular formula is C13H16N6O. The van der Waals surface area contributed by atoms with E-state index in [9.17, 15) is 5.11 Å². The van der Waals surface area contributed by atoms with Gasteiger partial charge in [0.1, 0.15) is 5.82 Å². The number of aromatic amines is 1. The molecule has 0 radical (unpaired) electrons. The molecule has 2 aromatic rings. The number of nitrogens with two attached hydrogens (primary N) is 1. The number of nitrogen functional groups attached to an aromatic ring is 1. The second-order valence-corrected chi connectivity index (χ2v) is 4.63. The van der Waals surface area contributed by atoms with Crippen molar-refractivity contribution >= 4 is 23.4 Å². The van der Waals surface area contributed by atoms with Crippen LogP contribution in [0.1, 0.15) is 23.9 Å². The highest BCUT2D eigenvalue weighted by atomic mass is 16.3. The van der Waals surface area contributed by atoms with E-state index in [4.69, 9.17) is 5.73 Å². The summed E-state index contributed by atoms with van der Waals surface area (Å²) in [5.41, 5.74) is 8.88. The second-order valence-electron chi connectivity index (χ2n) is 4.63. The van der Waals surface area contributed by atoms with Crippen LogP contribution in [0.5, 0.6) is 0 Å². The predicted molar refractivity (Wildman–Crippen MR) is 76.7 cm³/mol. The summed E-state index contributed by atoms with van der Waals surface area (Å²) in [5.74, 6) is 0.874. The molecule has 0 aliphatic carbocycles. The predicted octanol–water partition coefficient (Wildman–Crippen LogP) is 0.789. The van der Waals surface area contributed by atoms with Crippen molar-refractivity contribution in [3.05, 3.63) is 29.2 Å². The van der Waals surface area contributed by atoms with Gasteiger partial charge in [0.25, 0.3) is 0 Å². The van der Waals surface area contributed by atoms with Gasteiger partial charge in [0.15, 0.2) is 6.23 Å². The molecule has 1 atom stereocenters. The summed E-state index contributed by atoms with van der Waals surface area (Å²) < 4.78 is 0. The van der Waals surface area contributed by atoms with E-state index >= 15 is 0 Å². The van der Waals surface area contributed by atoms with Gasteiger partial charge in [0.05, 0.1) is 11.4 Å². The summed E-state index contributed by atoms with van der Waals surface area (Å²) in [6.45, 7) is 4.44. The van der Waals surface area contributed by atoms with E-state index < -0.39 is 6.23 Å². The lowest BCUT2D eigenvalue weighted by Gasteiger charge is -2.34. The lowest BCUT2D eigenvalue weighted by molar-refractivity contribution is 0.225. The van der Waals surface area contributed by atoms with Gasteiger partial charge in [0, 0.05) is 23.9 Å². The Bertz CT molecular complexity index is 664. The van der Waals surface area contributed by atoms with E-state index in [2.05, 4.69) is 20.2 Å². The molecule has 1 unspecified atom stereocenters. The SMILES string of the molecule is CCN1c2nc(N)nc(C)c2C=C(c2ccn[nH]2)C1O. The Morgan fingerprint density at radius 1 is 1.45 bits per heavy atom. The fourth-order valence-electron chi connectivity index (χ4n) is 2.45. The van der Waals surface area contributed by atoms with Crippen molar-refractivity contribution in [1.82, 2.24) is 20.2 Å². The standard InChI is InChI=1S/C13H16N6O/c1-3-19-11-8(7(2)16-13(14)17-11)6-9(12(19)20)10-4-5-15-18-10/h4-6,12,20H,3H2,1-2H3,(H,15,18)(H2,14,16,17). The zero-order chi connectivity index (χ0) is 14.3. The van der Waals surface area contributed by atoms with Gasteiger partial charge in [0.2, 0.25) is 5.95 Å². The van der Waals surface area contributed by atoms with Gasteiger partial charge in [-0.3, -0.25) is 5.10 Å². The van der Waals surface area contributed by atoms with Crippen LogP contribution in [-0.2, 0) is 0 Å². The number of hydrogen-bond acceptors (Lipinski definition) is 6. The minimum atomic E-state index is -0.790. The topological polar surface area (TPSA) is 104 Å². The first kappa shape index (κ1) is 12.6. The van der Waals surface area contributed by atoms with Crippen molar-refractivity contribution in [2.75, 3.05) is 17.2 Å². The van der Waals surface area contributed by atoms with E-state index in [1.54, 1.807) is 11.1 Å². The van der Waals surface area contributed by atoms with Crippen LogP contribution >= 0.6 is 0 Å². The number of aromatic nitrogens is 4. The maximum absolute atomic E-state index is 10.5. The molecule has 0 fully saturated rings. The van der Waals surface area contributed by atoms with Crippen molar-refractivity contribution in [1.29, 1.82) is 0 Å². The quantitative estimate of drug-likeness (QED) is 0.746. The summed E-state index contributed by atoms with van der Waals surface area (Å²) >= 11 is 0. The summed E-state index contributed by atoms with van der Waals surface area (Å²) in [6.07, 6.45) is 2.75. The van der Waals surface area contributed by atoms with Crippen LogP contribution in [0.3, 0.4) is 0 Å². The summed E-state index contributed by atoms with van der Waals surface area (Å²) in [5, 5.41) is 17.3. The molecule has 0 bridgehead atoms. The molecule has 0 amide bonds. The zero-order valence-corrected chi connectivity index (χ0v) is 11.3. The normalized spacial score (nSPS) is 17.9. The molecule has 104 valence electrons. The number of rotatable bonds is 2. The maximum Gasteiger partial charge on any atom is 0.222 e. The van der Waals surface area contributed by atoms with Gasteiger partial charge in [-0.15, -0.1) is 0 Å². The maximum atomic E-state index is 10.5. The van der Waals surface area contributed by atoms with E-state index in [1.165, 1.54) is 0 Å². The van der Waals surface area contributed by atoms with Crippen LogP contribution in [0, 0.1) is 6.92 Å². The lowest BCUT2D eigenvalue weighted by atomic mass is 10.0. The monoisotopic (exact) mass is 272 g/mol. The van der Waals surface area contributed by atoms with Crippen LogP contribution in [0.4, 0.5) is 11.8 Å². The van der Waals surface area contributed by atoms with Crippen LogP contribution in [-0.4, -0.2) is 38.0 Å². The number of H-pyrrole nitrogens is 1. The number of aryl methyl sites for hydroxylation is 1. The van der Waals surface area contributed by atoms with Crippen LogP contribution in [0.15, 0.2) is 12.3 Å². The Morgan fingerprint density at radius 2 is 2.25 bits per heavy atom. The molecule has 0 aromatic carbocycles. The van der Waals surface area contributed by atoms with Crippen LogP contribution < -0.4 is 10.6 Å². The highest BCUT2D eigenvalue weighted by Gasteiger charge is 2.30. The Hall–Kier alpha value is -2.41. The molecule has 3 rings (SSSR count). The number of fused-ring (bicyclic) bond motifs is 1. The average molecular weight is 272 g/mol. The van der Waals surface area contributed by atoms with E-state index in [1.807, 2.05) is 26.0 Å². The molecule has 7 nitrogen and oxygen atoms in total. The van der Waals surface area contributed by atoms with E-state index in [0.717, 1.165) is 22.5 Å². The van der Waals surface area contributed by atoms with Crippen molar-refractivity contribution in [3.8, 4) is 0 Å².